The lowest BCUT2D eigenvalue weighted by Gasteiger charge is -2.10. The minimum atomic E-state index is -0.743. The summed E-state index contributed by atoms with van der Waals surface area (Å²) in [5.74, 6) is -0.176. The van der Waals surface area contributed by atoms with Crippen molar-refractivity contribution >= 4 is 0 Å². The van der Waals surface area contributed by atoms with Crippen LogP contribution in [0.15, 0.2) is 12.1 Å². The maximum Gasteiger partial charge on any atom is 0.131 e. The van der Waals surface area contributed by atoms with Crippen LogP contribution in [-0.4, -0.2) is 14.2 Å². The van der Waals surface area contributed by atoms with Gasteiger partial charge >= 0.3 is 0 Å². The molecule has 0 aliphatic rings. The largest absolute Gasteiger partial charge is 0.496 e. The summed E-state index contributed by atoms with van der Waals surface area (Å²) in [5.41, 5.74) is 0.228. The second kappa shape index (κ2) is 4.07. The van der Waals surface area contributed by atoms with E-state index in [0.717, 1.165) is 12.1 Å². The molecule has 0 saturated carbocycles. The van der Waals surface area contributed by atoms with Crippen molar-refractivity contribution in [3.63, 3.8) is 0 Å². The van der Waals surface area contributed by atoms with Crippen molar-refractivity contribution in [2.24, 2.45) is 0 Å². The van der Waals surface area contributed by atoms with Crippen molar-refractivity contribution < 1.29 is 18.3 Å². The van der Waals surface area contributed by atoms with Gasteiger partial charge in [-0.05, 0) is 0 Å². The molecule has 0 radical (unpaired) electrons. The van der Waals surface area contributed by atoms with Gasteiger partial charge in [0.15, 0.2) is 0 Å². The lowest BCUT2D eigenvalue weighted by Crippen LogP contribution is -1.96. The van der Waals surface area contributed by atoms with Crippen LogP contribution in [0.4, 0.5) is 8.78 Å². The molecule has 0 amide bonds. The number of methoxy groups -OCH3 is 2. The molecule has 0 fully saturated rings. The van der Waals surface area contributed by atoms with Gasteiger partial charge in [-0.1, -0.05) is 0 Å². The molecule has 0 N–H and O–H groups in total. The molecular weight excluding hydrogens is 178 g/mol. The van der Waals surface area contributed by atoms with Gasteiger partial charge in [0.2, 0.25) is 0 Å². The first-order valence-corrected chi connectivity index (χ1v) is 3.69. The Morgan fingerprint density at radius 1 is 1.15 bits per heavy atom. The van der Waals surface area contributed by atoms with Crippen LogP contribution in [0.3, 0.4) is 0 Å². The van der Waals surface area contributed by atoms with Crippen molar-refractivity contribution in [3.8, 4) is 11.5 Å². The third-order valence-electron chi connectivity index (χ3n) is 1.71. The first-order valence-electron chi connectivity index (χ1n) is 3.69. The van der Waals surface area contributed by atoms with Gasteiger partial charge in [-0.3, -0.25) is 0 Å². The van der Waals surface area contributed by atoms with Crippen LogP contribution in [0.2, 0.25) is 0 Å². The Kier molecular flexibility index (Phi) is 3.06. The van der Waals surface area contributed by atoms with E-state index >= 15 is 0 Å². The van der Waals surface area contributed by atoms with E-state index in [0.29, 0.717) is 0 Å². The molecule has 2 nitrogen and oxygen atoms in total. The predicted octanol–water partition coefficient (Wildman–Crippen LogP) is 2.31. The zero-order valence-corrected chi connectivity index (χ0v) is 7.43. The highest BCUT2D eigenvalue weighted by molar-refractivity contribution is 5.44. The number of halogens is 2. The average molecular weight is 188 g/mol. The quantitative estimate of drug-likeness (QED) is 0.724. The van der Waals surface area contributed by atoms with Crippen molar-refractivity contribution in [1.29, 1.82) is 0 Å². The Morgan fingerprint density at radius 2 is 1.62 bits per heavy atom. The second-order valence-corrected chi connectivity index (χ2v) is 2.42. The molecule has 4 heteroatoms. The Balaban J connectivity index is 3.25. The summed E-state index contributed by atoms with van der Waals surface area (Å²) in [6.45, 7) is -0.743. The summed E-state index contributed by atoms with van der Waals surface area (Å²) >= 11 is 0. The Labute approximate surface area is 75.1 Å². The highest BCUT2D eigenvalue weighted by Crippen LogP contribution is 2.30. The van der Waals surface area contributed by atoms with E-state index in [1.165, 1.54) is 14.2 Å². The minimum absolute atomic E-state index is 0.166. The molecule has 1 rings (SSSR count). The van der Waals surface area contributed by atoms with Gasteiger partial charge < -0.3 is 9.47 Å². The second-order valence-electron chi connectivity index (χ2n) is 2.42. The topological polar surface area (TPSA) is 18.5 Å². The molecule has 0 aliphatic carbocycles. The van der Waals surface area contributed by atoms with Gasteiger partial charge in [0.1, 0.15) is 24.0 Å². The highest BCUT2D eigenvalue weighted by atomic mass is 19.1. The normalized spacial score (nSPS) is 9.85. The molecule has 13 heavy (non-hydrogen) atoms. The van der Waals surface area contributed by atoms with E-state index < -0.39 is 12.5 Å². The Bertz CT molecular complexity index is 275. The van der Waals surface area contributed by atoms with Gasteiger partial charge in [0.05, 0.1) is 19.8 Å². The highest BCUT2D eigenvalue weighted by Gasteiger charge is 2.11. The smallest absolute Gasteiger partial charge is 0.131 e. The zero-order chi connectivity index (χ0) is 9.84. The van der Waals surface area contributed by atoms with Gasteiger partial charge in [-0.2, -0.15) is 0 Å². The number of hydrogen-bond donors (Lipinski definition) is 0. The SMILES string of the molecule is COc1cc(F)cc(OC)c1CF. The average Bonchev–Trinajstić information content (AvgIpc) is 2.16. The van der Waals surface area contributed by atoms with Crippen LogP contribution in [0.1, 0.15) is 5.56 Å². The molecule has 1 aromatic carbocycles. The van der Waals surface area contributed by atoms with E-state index in [2.05, 4.69) is 0 Å². The Hall–Kier alpha value is -1.32. The first-order chi connectivity index (χ1) is 6.22. The summed E-state index contributed by atoms with van der Waals surface area (Å²) in [6, 6.07) is 2.24. The van der Waals surface area contributed by atoms with Crippen LogP contribution in [0, 0.1) is 5.82 Å². The molecule has 0 bridgehead atoms. The van der Waals surface area contributed by atoms with Gasteiger partial charge in [0.25, 0.3) is 0 Å². The van der Waals surface area contributed by atoms with Crippen LogP contribution in [0.25, 0.3) is 0 Å². The summed E-state index contributed by atoms with van der Waals surface area (Å²) in [7, 11) is 2.71. The molecule has 0 heterocycles. The summed E-state index contributed by atoms with van der Waals surface area (Å²) in [5, 5.41) is 0. The molecule has 0 spiro atoms. The molecule has 0 aliphatic heterocycles. The summed E-state index contributed by atoms with van der Waals surface area (Å²) in [4.78, 5) is 0. The fraction of sp³-hybridized carbons (Fsp3) is 0.333. The molecule has 0 saturated heterocycles. The van der Waals surface area contributed by atoms with E-state index in [-0.39, 0.29) is 17.1 Å². The van der Waals surface area contributed by atoms with Crippen molar-refractivity contribution in [1.82, 2.24) is 0 Å². The lowest BCUT2D eigenvalue weighted by molar-refractivity contribution is 0.361. The standard InChI is InChI=1S/C9H10F2O2/c1-12-8-3-6(11)4-9(13-2)7(8)5-10/h3-4H,5H2,1-2H3. The number of benzene rings is 1. The van der Waals surface area contributed by atoms with Crippen LogP contribution in [0.5, 0.6) is 11.5 Å². The first kappa shape index (κ1) is 9.77. The third-order valence-corrected chi connectivity index (χ3v) is 1.71. The molecule has 0 atom stereocenters. The maximum atomic E-state index is 12.8. The predicted molar refractivity (Wildman–Crippen MR) is 44.3 cm³/mol. The Morgan fingerprint density at radius 3 is 1.92 bits per heavy atom. The third kappa shape index (κ3) is 1.88. The van der Waals surface area contributed by atoms with Crippen LogP contribution in [-0.2, 0) is 6.67 Å². The van der Waals surface area contributed by atoms with Gasteiger partial charge in [0, 0.05) is 12.1 Å². The minimum Gasteiger partial charge on any atom is -0.496 e. The molecule has 0 unspecified atom stereocenters. The molecular formula is C9H10F2O2. The van der Waals surface area contributed by atoms with Crippen molar-refractivity contribution in [2.75, 3.05) is 14.2 Å². The molecule has 1 aromatic rings. The van der Waals surface area contributed by atoms with E-state index in [9.17, 15) is 8.78 Å². The summed E-state index contributed by atoms with van der Waals surface area (Å²) < 4.78 is 34.9. The van der Waals surface area contributed by atoms with E-state index in [4.69, 9.17) is 9.47 Å². The van der Waals surface area contributed by atoms with Crippen molar-refractivity contribution in [3.05, 3.63) is 23.5 Å². The fourth-order valence-corrected chi connectivity index (χ4v) is 1.08. The molecule has 0 aromatic heterocycles. The lowest BCUT2D eigenvalue weighted by atomic mass is 10.2. The molecule has 72 valence electrons. The number of hydrogen-bond acceptors (Lipinski definition) is 2. The van der Waals surface area contributed by atoms with E-state index in [1.807, 2.05) is 0 Å². The number of ether oxygens (including phenoxy) is 2. The van der Waals surface area contributed by atoms with Crippen LogP contribution >= 0.6 is 0 Å². The summed E-state index contributed by atoms with van der Waals surface area (Å²) in [6.07, 6.45) is 0. The van der Waals surface area contributed by atoms with Gasteiger partial charge in [-0.15, -0.1) is 0 Å². The van der Waals surface area contributed by atoms with E-state index in [1.54, 1.807) is 0 Å². The van der Waals surface area contributed by atoms with Crippen LogP contribution < -0.4 is 9.47 Å². The monoisotopic (exact) mass is 188 g/mol. The maximum absolute atomic E-state index is 12.8. The zero-order valence-electron chi connectivity index (χ0n) is 7.43. The number of alkyl halides is 1. The van der Waals surface area contributed by atoms with Gasteiger partial charge in [-0.25, -0.2) is 8.78 Å². The fourth-order valence-electron chi connectivity index (χ4n) is 1.08. The number of rotatable bonds is 3. The van der Waals surface area contributed by atoms with Crippen molar-refractivity contribution in [2.45, 2.75) is 6.67 Å².